The Hall–Kier alpha value is -2.34. The average molecular weight is 340 g/mol. The van der Waals surface area contributed by atoms with Crippen molar-refractivity contribution in [3.8, 4) is 16.5 Å². The van der Waals surface area contributed by atoms with E-state index in [0.717, 1.165) is 38.2 Å². The molecule has 1 fully saturated rings. The first-order chi connectivity index (χ1) is 11.7. The van der Waals surface area contributed by atoms with Crippen LogP contribution >= 0.6 is 11.3 Å². The summed E-state index contributed by atoms with van der Waals surface area (Å²) in [5.41, 5.74) is 1.84. The first kappa shape index (κ1) is 14.0. The zero-order valence-corrected chi connectivity index (χ0v) is 14.1. The molecule has 0 N–H and O–H groups in total. The predicted octanol–water partition coefficient (Wildman–Crippen LogP) is 4.11. The maximum Gasteiger partial charge on any atom is 0.231 e. The van der Waals surface area contributed by atoms with E-state index in [4.69, 9.17) is 9.47 Å². The summed E-state index contributed by atoms with van der Waals surface area (Å²) in [4.78, 5) is 17.8. The van der Waals surface area contributed by atoms with Gasteiger partial charge in [-0.3, -0.25) is 9.36 Å². The van der Waals surface area contributed by atoms with E-state index in [-0.39, 0.29) is 12.6 Å². The fourth-order valence-electron chi connectivity index (χ4n) is 3.15. The van der Waals surface area contributed by atoms with Gasteiger partial charge in [0.2, 0.25) is 6.79 Å². The number of fused-ring (bicyclic) bond motifs is 2. The number of nitrogens with zero attached hydrogens (tertiary/aromatic N) is 2. The van der Waals surface area contributed by atoms with Crippen LogP contribution in [0.2, 0.25) is 0 Å². The number of rotatable bonds is 4. The number of thiophene rings is 1. The lowest BCUT2D eigenvalue weighted by Gasteiger charge is -2.04. The van der Waals surface area contributed by atoms with Crippen LogP contribution in [-0.4, -0.2) is 22.1 Å². The van der Waals surface area contributed by atoms with E-state index in [9.17, 15) is 4.79 Å². The molecule has 5 rings (SSSR count). The van der Waals surface area contributed by atoms with Crippen LogP contribution in [0.5, 0.6) is 11.5 Å². The van der Waals surface area contributed by atoms with Crippen molar-refractivity contribution in [2.75, 3.05) is 6.79 Å². The number of aryl methyl sites for hydroxylation is 1. The van der Waals surface area contributed by atoms with E-state index in [1.165, 1.54) is 24.2 Å². The fraction of sp³-hybridized carbons (Fsp3) is 0.333. The summed E-state index contributed by atoms with van der Waals surface area (Å²) in [6.07, 6.45) is 3.08. The molecule has 5 nitrogen and oxygen atoms in total. The largest absolute Gasteiger partial charge is 0.454 e. The molecule has 122 valence electrons. The van der Waals surface area contributed by atoms with Gasteiger partial charge in [-0.05, 0) is 37.8 Å². The molecule has 3 heterocycles. The standard InChI is InChI=1S/C18H16N2O3S/c1-10-19-12-7-15-16(23-9-22-15)8-13(12)20(10)18-5-4-17(24-18)14(21)6-11-2-3-11/h4-5,7-8,11H,2-3,6,9H2,1H3. The Labute approximate surface area is 142 Å². The van der Waals surface area contributed by atoms with Crippen molar-refractivity contribution in [2.24, 2.45) is 5.92 Å². The molecule has 2 aromatic heterocycles. The molecular formula is C18H16N2O3S. The third-order valence-corrected chi connectivity index (χ3v) is 5.69. The molecule has 1 aliphatic heterocycles. The maximum atomic E-state index is 12.3. The second-order valence-electron chi connectivity index (χ2n) is 6.40. The molecule has 0 amide bonds. The van der Waals surface area contributed by atoms with Crippen LogP contribution in [0.1, 0.15) is 34.8 Å². The van der Waals surface area contributed by atoms with Crippen molar-refractivity contribution in [3.05, 3.63) is 35.0 Å². The van der Waals surface area contributed by atoms with Gasteiger partial charge in [0.1, 0.15) is 10.8 Å². The zero-order chi connectivity index (χ0) is 16.3. The van der Waals surface area contributed by atoms with Gasteiger partial charge in [-0.2, -0.15) is 0 Å². The molecule has 2 aliphatic rings. The van der Waals surface area contributed by atoms with Crippen molar-refractivity contribution in [2.45, 2.75) is 26.2 Å². The number of ether oxygens (including phenoxy) is 2. The van der Waals surface area contributed by atoms with Gasteiger partial charge in [0, 0.05) is 18.6 Å². The Bertz CT molecular complexity index is 968. The number of carbonyl (C=O) groups is 1. The molecule has 0 saturated heterocycles. The highest BCUT2D eigenvalue weighted by Crippen LogP contribution is 2.38. The van der Waals surface area contributed by atoms with E-state index in [1.54, 1.807) is 0 Å². The monoisotopic (exact) mass is 340 g/mol. The summed E-state index contributed by atoms with van der Waals surface area (Å²) in [6.45, 7) is 2.22. The van der Waals surface area contributed by atoms with Gasteiger partial charge in [-0.25, -0.2) is 4.98 Å². The first-order valence-electron chi connectivity index (χ1n) is 8.11. The lowest BCUT2D eigenvalue weighted by atomic mass is 10.2. The summed E-state index contributed by atoms with van der Waals surface area (Å²) in [7, 11) is 0. The number of aromatic nitrogens is 2. The number of imidazole rings is 1. The molecule has 6 heteroatoms. The molecule has 1 saturated carbocycles. The highest BCUT2D eigenvalue weighted by molar-refractivity contribution is 7.16. The molecule has 0 bridgehead atoms. The SMILES string of the molecule is Cc1nc2cc3c(cc2n1-c1ccc(C(=O)CC2CC2)s1)OCO3. The van der Waals surface area contributed by atoms with Crippen molar-refractivity contribution < 1.29 is 14.3 Å². The van der Waals surface area contributed by atoms with Crippen molar-refractivity contribution in [1.29, 1.82) is 0 Å². The Morgan fingerprint density at radius 1 is 1.29 bits per heavy atom. The van der Waals surface area contributed by atoms with Crippen molar-refractivity contribution in [1.82, 2.24) is 9.55 Å². The minimum atomic E-state index is 0.250. The van der Waals surface area contributed by atoms with Crippen LogP contribution in [0.4, 0.5) is 0 Å². The molecule has 0 radical (unpaired) electrons. The highest BCUT2D eigenvalue weighted by Gasteiger charge is 2.26. The Balaban J connectivity index is 1.57. The van der Waals surface area contributed by atoms with E-state index in [2.05, 4.69) is 9.55 Å². The van der Waals surface area contributed by atoms with Gasteiger partial charge in [0.25, 0.3) is 0 Å². The quantitative estimate of drug-likeness (QED) is 0.671. The van der Waals surface area contributed by atoms with E-state index < -0.39 is 0 Å². The second kappa shape index (κ2) is 5.08. The predicted molar refractivity (Wildman–Crippen MR) is 91.5 cm³/mol. The van der Waals surface area contributed by atoms with E-state index in [1.807, 2.05) is 31.2 Å². The van der Waals surface area contributed by atoms with E-state index in [0.29, 0.717) is 12.3 Å². The van der Waals surface area contributed by atoms with Crippen LogP contribution in [0.25, 0.3) is 16.0 Å². The number of carbonyl (C=O) groups excluding carboxylic acids is 1. The molecule has 0 spiro atoms. The third kappa shape index (κ3) is 2.21. The average Bonchev–Trinajstić information content (AvgIpc) is 2.98. The zero-order valence-electron chi connectivity index (χ0n) is 13.2. The number of hydrogen-bond acceptors (Lipinski definition) is 5. The van der Waals surface area contributed by atoms with Crippen molar-refractivity contribution >= 4 is 28.2 Å². The number of Topliss-reactive ketones (excluding diaryl/α,β-unsaturated/α-hetero) is 1. The van der Waals surface area contributed by atoms with Crippen LogP contribution < -0.4 is 9.47 Å². The minimum absolute atomic E-state index is 0.250. The van der Waals surface area contributed by atoms with Crippen LogP contribution in [-0.2, 0) is 0 Å². The van der Waals surface area contributed by atoms with Gasteiger partial charge in [-0.1, -0.05) is 0 Å². The Morgan fingerprint density at radius 3 is 2.88 bits per heavy atom. The lowest BCUT2D eigenvalue weighted by molar-refractivity contribution is 0.0980. The molecule has 3 aromatic rings. The third-order valence-electron chi connectivity index (χ3n) is 4.57. The number of hydrogen-bond donors (Lipinski definition) is 0. The fourth-order valence-corrected chi connectivity index (χ4v) is 4.16. The summed E-state index contributed by atoms with van der Waals surface area (Å²) >= 11 is 1.53. The summed E-state index contributed by atoms with van der Waals surface area (Å²) in [5, 5.41) is 1.01. The normalized spacial score (nSPS) is 16.0. The Kier molecular flexibility index (Phi) is 2.97. The lowest BCUT2D eigenvalue weighted by Crippen LogP contribution is -1.96. The molecule has 1 aliphatic carbocycles. The van der Waals surface area contributed by atoms with Gasteiger partial charge in [-0.15, -0.1) is 11.3 Å². The highest BCUT2D eigenvalue weighted by atomic mass is 32.1. The summed E-state index contributed by atoms with van der Waals surface area (Å²) in [6, 6.07) is 7.81. The molecular weight excluding hydrogens is 324 g/mol. The van der Waals surface area contributed by atoms with Gasteiger partial charge in [0.15, 0.2) is 17.3 Å². The smallest absolute Gasteiger partial charge is 0.231 e. The molecule has 0 unspecified atom stereocenters. The summed E-state index contributed by atoms with van der Waals surface area (Å²) in [5.74, 6) is 3.23. The van der Waals surface area contributed by atoms with Crippen LogP contribution in [0.15, 0.2) is 24.3 Å². The minimum Gasteiger partial charge on any atom is -0.454 e. The van der Waals surface area contributed by atoms with Gasteiger partial charge >= 0.3 is 0 Å². The topological polar surface area (TPSA) is 53.4 Å². The number of ketones is 1. The number of benzene rings is 1. The van der Waals surface area contributed by atoms with Gasteiger partial charge < -0.3 is 9.47 Å². The maximum absolute atomic E-state index is 12.3. The van der Waals surface area contributed by atoms with Crippen LogP contribution in [0, 0.1) is 12.8 Å². The summed E-state index contributed by atoms with van der Waals surface area (Å²) < 4.78 is 13.0. The van der Waals surface area contributed by atoms with Crippen LogP contribution in [0.3, 0.4) is 0 Å². The Morgan fingerprint density at radius 2 is 2.08 bits per heavy atom. The van der Waals surface area contributed by atoms with E-state index >= 15 is 0 Å². The van der Waals surface area contributed by atoms with Crippen molar-refractivity contribution in [3.63, 3.8) is 0 Å². The molecule has 0 atom stereocenters. The second-order valence-corrected chi connectivity index (χ2v) is 7.46. The first-order valence-corrected chi connectivity index (χ1v) is 8.93. The van der Waals surface area contributed by atoms with Gasteiger partial charge in [0.05, 0.1) is 15.9 Å². The molecule has 24 heavy (non-hydrogen) atoms. The molecule has 1 aromatic carbocycles.